The minimum absolute atomic E-state index is 0.0105. The summed E-state index contributed by atoms with van der Waals surface area (Å²) in [5.74, 6) is -1.25. The van der Waals surface area contributed by atoms with Gasteiger partial charge in [0.2, 0.25) is 0 Å². The Labute approximate surface area is 240 Å². The Morgan fingerprint density at radius 1 is 1.18 bits per heavy atom. The summed E-state index contributed by atoms with van der Waals surface area (Å²) in [4.78, 5) is 49.8. The summed E-state index contributed by atoms with van der Waals surface area (Å²) in [5.41, 5.74) is 2.31. The number of nitrogens with zero attached hydrogens (tertiary/aromatic N) is 5. The number of hydrogen-bond donors (Lipinski definition) is 2. The number of carboxylic acids is 1. The Bertz CT molecular complexity index is 1490. The zero-order chi connectivity index (χ0) is 29.2. The van der Waals surface area contributed by atoms with E-state index in [-0.39, 0.29) is 24.8 Å². The molecule has 13 heteroatoms. The van der Waals surface area contributed by atoms with Crippen molar-refractivity contribution in [3.8, 4) is 27.8 Å². The number of nitrogens with one attached hydrogen (secondary N) is 1. The van der Waals surface area contributed by atoms with Gasteiger partial charge in [-0.05, 0) is 57.5 Å². The van der Waals surface area contributed by atoms with Crippen LogP contribution in [0.4, 0.5) is 14.7 Å². The molecular formula is C27H27ClN6O5S. The number of thiazole rings is 1. The second-order valence-corrected chi connectivity index (χ2v) is 11.5. The van der Waals surface area contributed by atoms with Gasteiger partial charge in [-0.2, -0.15) is 5.26 Å². The number of carbonyl (C=O) groups excluding carboxylic acids is 2. The molecule has 1 saturated heterocycles. The number of halogens is 1. The van der Waals surface area contributed by atoms with Gasteiger partial charge in [0.05, 0.1) is 28.7 Å². The molecule has 1 fully saturated rings. The molecule has 11 nitrogen and oxygen atoms in total. The Hall–Kier alpha value is -4.21. The van der Waals surface area contributed by atoms with Gasteiger partial charge >= 0.3 is 18.1 Å². The summed E-state index contributed by atoms with van der Waals surface area (Å²) in [6, 6.07) is 10.8. The van der Waals surface area contributed by atoms with E-state index in [0.29, 0.717) is 32.5 Å². The van der Waals surface area contributed by atoms with Crippen LogP contribution in [0.2, 0.25) is 5.15 Å². The minimum Gasteiger partial charge on any atom is -0.480 e. The highest BCUT2D eigenvalue weighted by Gasteiger charge is 2.39. The van der Waals surface area contributed by atoms with Gasteiger partial charge in [0, 0.05) is 24.3 Å². The highest BCUT2D eigenvalue weighted by molar-refractivity contribution is 7.19. The Balaban J connectivity index is 1.61. The van der Waals surface area contributed by atoms with Gasteiger partial charge in [0.15, 0.2) is 11.2 Å². The molecule has 0 unspecified atom stereocenters. The van der Waals surface area contributed by atoms with Gasteiger partial charge in [-0.3, -0.25) is 10.2 Å². The molecule has 40 heavy (non-hydrogen) atoms. The lowest BCUT2D eigenvalue weighted by molar-refractivity contribution is -0.144. The first-order chi connectivity index (χ1) is 18.8. The molecule has 0 bridgehead atoms. The lowest BCUT2D eigenvalue weighted by Crippen LogP contribution is -2.60. The number of benzene rings is 1. The standard InChI is InChI=1S/C27H27ClN6O5S/c1-15-10-18(12-20(28)30-15)22-21(17-7-5-6-16(11-17)13-29)31-24(40-22)32-25(37)33-8-9-34(19(14-33)23(35)36)26(38)39-27(2,3)4/h5-7,10-12,19H,8-9,14H2,1-4H3,(H,35,36)(H,31,32,37)/t19-/m1/s1. The van der Waals surface area contributed by atoms with E-state index in [0.717, 1.165) is 10.5 Å². The summed E-state index contributed by atoms with van der Waals surface area (Å²) < 4.78 is 5.34. The Morgan fingerprint density at radius 3 is 2.58 bits per heavy atom. The number of nitriles is 1. The third kappa shape index (κ3) is 6.67. The van der Waals surface area contributed by atoms with Crippen LogP contribution in [-0.4, -0.2) is 74.2 Å². The van der Waals surface area contributed by atoms with Crippen molar-refractivity contribution in [2.75, 3.05) is 25.0 Å². The number of aromatic nitrogens is 2. The van der Waals surface area contributed by atoms with Crippen LogP contribution in [0.1, 0.15) is 32.0 Å². The third-order valence-electron chi connectivity index (χ3n) is 5.87. The maximum absolute atomic E-state index is 13.2. The number of pyridine rings is 1. The normalized spacial score (nSPS) is 15.3. The lowest BCUT2D eigenvalue weighted by Gasteiger charge is -2.39. The fourth-order valence-electron chi connectivity index (χ4n) is 4.15. The number of aryl methyl sites for hydroxylation is 1. The average Bonchev–Trinajstić information content (AvgIpc) is 3.30. The van der Waals surface area contributed by atoms with Crippen LogP contribution in [0.5, 0.6) is 0 Å². The van der Waals surface area contributed by atoms with Crippen molar-refractivity contribution >= 4 is 46.2 Å². The monoisotopic (exact) mass is 582 g/mol. The maximum atomic E-state index is 13.2. The lowest BCUT2D eigenvalue weighted by atomic mass is 10.1. The van der Waals surface area contributed by atoms with Crippen LogP contribution in [0.15, 0.2) is 36.4 Å². The molecular weight excluding hydrogens is 556 g/mol. The Morgan fingerprint density at radius 2 is 1.93 bits per heavy atom. The molecule has 2 N–H and O–H groups in total. The highest BCUT2D eigenvalue weighted by atomic mass is 35.5. The number of amides is 3. The van der Waals surface area contributed by atoms with E-state index in [1.54, 1.807) is 45.0 Å². The van der Waals surface area contributed by atoms with E-state index < -0.39 is 29.7 Å². The van der Waals surface area contributed by atoms with Crippen LogP contribution in [0, 0.1) is 18.3 Å². The number of ether oxygens (including phenoxy) is 1. The molecule has 0 spiro atoms. The van der Waals surface area contributed by atoms with E-state index in [1.807, 2.05) is 19.1 Å². The molecule has 208 valence electrons. The first kappa shape index (κ1) is 28.8. The van der Waals surface area contributed by atoms with Gasteiger partial charge in [0.25, 0.3) is 0 Å². The van der Waals surface area contributed by atoms with Gasteiger partial charge in [-0.25, -0.2) is 24.4 Å². The zero-order valence-corrected chi connectivity index (χ0v) is 23.8. The van der Waals surface area contributed by atoms with E-state index in [2.05, 4.69) is 21.4 Å². The Kier molecular flexibility index (Phi) is 8.27. The van der Waals surface area contributed by atoms with Gasteiger partial charge in [-0.15, -0.1) is 0 Å². The van der Waals surface area contributed by atoms with Crippen molar-refractivity contribution in [1.29, 1.82) is 5.26 Å². The summed E-state index contributed by atoms with van der Waals surface area (Å²) in [6.45, 7) is 6.75. The number of piperazine rings is 1. The molecule has 0 radical (unpaired) electrons. The van der Waals surface area contributed by atoms with Gasteiger partial charge in [0.1, 0.15) is 10.8 Å². The molecule has 4 rings (SSSR count). The maximum Gasteiger partial charge on any atom is 0.411 e. The van der Waals surface area contributed by atoms with E-state index >= 15 is 0 Å². The van der Waals surface area contributed by atoms with Crippen LogP contribution in [0.25, 0.3) is 21.7 Å². The van der Waals surface area contributed by atoms with E-state index in [1.165, 1.54) is 16.2 Å². The van der Waals surface area contributed by atoms with E-state index in [4.69, 9.17) is 16.3 Å². The number of carbonyl (C=O) groups is 3. The SMILES string of the molecule is Cc1cc(-c2sc(NC(=O)N3CCN(C(=O)OC(C)(C)C)[C@@H](C(=O)O)C3)nc2-c2cccc(C#N)c2)cc(Cl)n1. The highest BCUT2D eigenvalue weighted by Crippen LogP contribution is 2.40. The molecule has 1 atom stereocenters. The smallest absolute Gasteiger partial charge is 0.411 e. The molecule has 1 aliphatic rings. The number of hydrogen-bond acceptors (Lipinski definition) is 8. The topological polar surface area (TPSA) is 149 Å². The molecule has 3 heterocycles. The summed E-state index contributed by atoms with van der Waals surface area (Å²) in [5, 5.41) is 22.5. The predicted octanol–water partition coefficient (Wildman–Crippen LogP) is 5.24. The molecule has 2 aromatic heterocycles. The molecule has 3 aromatic rings. The number of urea groups is 1. The zero-order valence-electron chi connectivity index (χ0n) is 22.3. The van der Waals surface area contributed by atoms with Crippen molar-refractivity contribution < 1.29 is 24.2 Å². The summed E-state index contributed by atoms with van der Waals surface area (Å²) >= 11 is 7.43. The summed E-state index contributed by atoms with van der Waals surface area (Å²) in [6.07, 6.45) is -0.750. The molecule has 1 aromatic carbocycles. The first-order valence-corrected chi connectivity index (χ1v) is 13.5. The molecule has 3 amide bonds. The van der Waals surface area contributed by atoms with Crippen LogP contribution < -0.4 is 5.32 Å². The van der Waals surface area contributed by atoms with Crippen LogP contribution in [-0.2, 0) is 9.53 Å². The quantitative estimate of drug-likeness (QED) is 0.396. The minimum atomic E-state index is -1.27. The molecule has 0 saturated carbocycles. The second kappa shape index (κ2) is 11.5. The number of carboxylic acid groups (broad SMARTS) is 1. The fraction of sp³-hybridized carbons (Fsp3) is 0.333. The average molecular weight is 583 g/mol. The van der Waals surface area contributed by atoms with Crippen molar-refractivity contribution in [1.82, 2.24) is 19.8 Å². The molecule has 1 aliphatic heterocycles. The molecule has 0 aliphatic carbocycles. The van der Waals surface area contributed by atoms with Gasteiger partial charge < -0.3 is 14.7 Å². The van der Waals surface area contributed by atoms with Crippen molar-refractivity contribution in [2.45, 2.75) is 39.3 Å². The van der Waals surface area contributed by atoms with Crippen LogP contribution >= 0.6 is 22.9 Å². The number of rotatable bonds is 4. The number of anilines is 1. The van der Waals surface area contributed by atoms with Crippen molar-refractivity contribution in [3.05, 3.63) is 52.8 Å². The fourth-order valence-corrected chi connectivity index (χ4v) is 5.36. The largest absolute Gasteiger partial charge is 0.480 e. The van der Waals surface area contributed by atoms with Crippen LogP contribution in [0.3, 0.4) is 0 Å². The van der Waals surface area contributed by atoms with E-state index in [9.17, 15) is 24.8 Å². The van der Waals surface area contributed by atoms with Gasteiger partial charge in [-0.1, -0.05) is 35.1 Å². The third-order valence-corrected chi connectivity index (χ3v) is 7.08. The van der Waals surface area contributed by atoms with Crippen molar-refractivity contribution in [2.24, 2.45) is 0 Å². The first-order valence-electron chi connectivity index (χ1n) is 12.3. The predicted molar refractivity (Wildman–Crippen MR) is 150 cm³/mol. The summed E-state index contributed by atoms with van der Waals surface area (Å²) in [7, 11) is 0. The second-order valence-electron chi connectivity index (χ2n) is 10.1. The number of aliphatic carboxylic acids is 1. The van der Waals surface area contributed by atoms with Crippen molar-refractivity contribution in [3.63, 3.8) is 0 Å².